The van der Waals surface area contributed by atoms with E-state index in [1.54, 1.807) is 0 Å². The van der Waals surface area contributed by atoms with Gasteiger partial charge >= 0.3 is 5.97 Å². The molecular weight excluding hydrogens is 266 g/mol. The minimum Gasteiger partial charge on any atom is -0.469 e. The number of aliphatic hydroxyl groups excluding tert-OH is 1. The molecule has 0 aromatic rings. The van der Waals surface area contributed by atoms with Gasteiger partial charge in [0.2, 0.25) is 0 Å². The number of methoxy groups -OCH3 is 1. The van der Waals surface area contributed by atoms with E-state index in [2.05, 4.69) is 17.9 Å². The Bertz CT molecular complexity index is 502. The first kappa shape index (κ1) is 13.8. The minimum absolute atomic E-state index is 0.0665. The van der Waals surface area contributed by atoms with Crippen molar-refractivity contribution in [3.63, 3.8) is 0 Å². The molecule has 4 heteroatoms. The number of carbonyl (C=O) groups is 1. The van der Waals surface area contributed by atoms with Crippen LogP contribution in [0.2, 0.25) is 0 Å². The molecular formula is C17H25NO3. The van der Waals surface area contributed by atoms with Gasteiger partial charge < -0.3 is 9.84 Å². The van der Waals surface area contributed by atoms with Gasteiger partial charge in [0, 0.05) is 18.0 Å². The lowest BCUT2D eigenvalue weighted by molar-refractivity contribution is -0.157. The van der Waals surface area contributed by atoms with Crippen LogP contribution in [0.15, 0.2) is 11.6 Å². The Morgan fingerprint density at radius 3 is 3.10 bits per heavy atom. The number of esters is 1. The van der Waals surface area contributed by atoms with Gasteiger partial charge in [0.1, 0.15) is 0 Å². The molecule has 5 aliphatic rings. The highest BCUT2D eigenvalue weighted by Gasteiger charge is 2.62. The highest BCUT2D eigenvalue weighted by atomic mass is 16.5. The first-order chi connectivity index (χ1) is 10.1. The van der Waals surface area contributed by atoms with Crippen molar-refractivity contribution < 1.29 is 14.6 Å². The Hall–Kier alpha value is -0.870. The molecule has 4 nitrogen and oxygen atoms in total. The lowest BCUT2D eigenvalue weighted by Crippen LogP contribution is -2.71. The summed E-state index contributed by atoms with van der Waals surface area (Å²) in [6, 6.07) is 0. The molecule has 2 bridgehead atoms. The van der Waals surface area contributed by atoms with Crippen LogP contribution in [0, 0.1) is 23.7 Å². The van der Waals surface area contributed by atoms with Gasteiger partial charge in [0.25, 0.3) is 0 Å². The summed E-state index contributed by atoms with van der Waals surface area (Å²) in [4.78, 5) is 14.8. The van der Waals surface area contributed by atoms with Crippen molar-refractivity contribution in [1.82, 2.24) is 4.90 Å². The van der Waals surface area contributed by atoms with Crippen LogP contribution in [0.4, 0.5) is 0 Å². The second kappa shape index (κ2) is 4.56. The van der Waals surface area contributed by atoms with E-state index < -0.39 is 0 Å². The summed E-state index contributed by atoms with van der Waals surface area (Å²) in [5, 5.41) is 10.7. The summed E-state index contributed by atoms with van der Waals surface area (Å²) in [6.07, 6.45) is 5.88. The lowest BCUT2D eigenvalue weighted by Gasteiger charge is -2.65. The third-order valence-corrected chi connectivity index (χ3v) is 6.61. The van der Waals surface area contributed by atoms with E-state index in [9.17, 15) is 9.90 Å². The maximum Gasteiger partial charge on any atom is 0.312 e. The largest absolute Gasteiger partial charge is 0.469 e. The summed E-state index contributed by atoms with van der Waals surface area (Å²) < 4.78 is 5.03. The van der Waals surface area contributed by atoms with E-state index in [0.717, 1.165) is 25.9 Å². The number of ether oxygens (including phenoxy) is 1. The van der Waals surface area contributed by atoms with Crippen LogP contribution >= 0.6 is 0 Å². The van der Waals surface area contributed by atoms with Crippen LogP contribution in [0.5, 0.6) is 0 Å². The summed E-state index contributed by atoms with van der Waals surface area (Å²) in [7, 11) is 1.46. The van der Waals surface area contributed by atoms with Crippen LogP contribution in [0.25, 0.3) is 0 Å². The second-order valence-corrected chi connectivity index (χ2v) is 7.47. The lowest BCUT2D eigenvalue weighted by atomic mass is 9.51. The second-order valence-electron chi connectivity index (χ2n) is 7.47. The number of aliphatic hydroxyl groups is 1. The Morgan fingerprint density at radius 1 is 1.52 bits per heavy atom. The van der Waals surface area contributed by atoms with Crippen molar-refractivity contribution in [2.24, 2.45) is 23.7 Å². The maximum atomic E-state index is 12.2. The Balaban J connectivity index is 1.84. The summed E-state index contributed by atoms with van der Waals surface area (Å²) in [5.74, 6) is 1.09. The standard InChI is InChI=1S/C17H25NO3/c1-10-8-17-13-4-3-5-18(17)9-11(10)6-14(17)12(7-15(13)19)16(20)21-2/h6,10-13,15,19H,3-5,7-9H2,1-2H3. The summed E-state index contributed by atoms with van der Waals surface area (Å²) >= 11 is 0. The highest BCUT2D eigenvalue weighted by molar-refractivity contribution is 5.77. The van der Waals surface area contributed by atoms with Gasteiger partial charge in [-0.05, 0) is 49.6 Å². The fourth-order valence-electron chi connectivity index (χ4n) is 5.72. The van der Waals surface area contributed by atoms with E-state index in [4.69, 9.17) is 4.74 Å². The van der Waals surface area contributed by atoms with E-state index in [1.165, 1.54) is 19.1 Å². The van der Waals surface area contributed by atoms with Crippen LogP contribution in [-0.4, -0.2) is 47.8 Å². The number of nitrogens with zero attached hydrogens (tertiary/aromatic N) is 1. The molecule has 1 saturated carbocycles. The third kappa shape index (κ3) is 1.66. The highest BCUT2D eigenvalue weighted by Crippen LogP contribution is 2.59. The SMILES string of the molecule is COC(=O)C1CC(O)C2CCCN3CC4C=C1C23CC4C. The molecule has 5 rings (SSSR count). The molecule has 2 aliphatic carbocycles. The van der Waals surface area contributed by atoms with Gasteiger partial charge in [0.05, 0.1) is 19.1 Å². The number of carbonyl (C=O) groups excluding carboxylic acids is 1. The minimum atomic E-state index is -0.379. The zero-order chi connectivity index (χ0) is 14.8. The van der Waals surface area contributed by atoms with Crippen molar-refractivity contribution in [2.45, 2.75) is 44.2 Å². The molecule has 3 fully saturated rings. The van der Waals surface area contributed by atoms with Gasteiger partial charge in [-0.25, -0.2) is 0 Å². The van der Waals surface area contributed by atoms with Crippen molar-refractivity contribution in [1.29, 1.82) is 0 Å². The van der Waals surface area contributed by atoms with Gasteiger partial charge in [-0.2, -0.15) is 0 Å². The fourth-order valence-corrected chi connectivity index (χ4v) is 5.72. The molecule has 21 heavy (non-hydrogen) atoms. The topological polar surface area (TPSA) is 49.8 Å². The van der Waals surface area contributed by atoms with Crippen LogP contribution in [0.3, 0.4) is 0 Å². The van der Waals surface area contributed by atoms with Gasteiger partial charge in [-0.1, -0.05) is 13.0 Å². The molecule has 116 valence electrons. The number of fused-ring (bicyclic) bond motifs is 1. The Morgan fingerprint density at radius 2 is 2.33 bits per heavy atom. The third-order valence-electron chi connectivity index (χ3n) is 6.61. The van der Waals surface area contributed by atoms with E-state index >= 15 is 0 Å². The summed E-state index contributed by atoms with van der Waals surface area (Å²) in [5.41, 5.74) is 1.21. The predicted octanol–water partition coefficient (Wildman–Crippen LogP) is 1.59. The number of hydrogen-bond acceptors (Lipinski definition) is 4. The van der Waals surface area contributed by atoms with Crippen molar-refractivity contribution in [3.05, 3.63) is 11.6 Å². The summed E-state index contributed by atoms with van der Waals surface area (Å²) in [6.45, 7) is 4.53. The zero-order valence-corrected chi connectivity index (χ0v) is 12.9. The molecule has 0 aromatic heterocycles. The number of hydrogen-bond donors (Lipinski definition) is 1. The maximum absolute atomic E-state index is 12.2. The Kier molecular flexibility index (Phi) is 2.99. The van der Waals surface area contributed by atoms with Gasteiger partial charge in [0.15, 0.2) is 0 Å². The van der Waals surface area contributed by atoms with E-state index in [-0.39, 0.29) is 23.5 Å². The molecule has 3 heterocycles. The molecule has 0 aromatic carbocycles. The quantitative estimate of drug-likeness (QED) is 0.589. The first-order valence-corrected chi connectivity index (χ1v) is 8.31. The smallest absolute Gasteiger partial charge is 0.312 e. The van der Waals surface area contributed by atoms with E-state index in [0.29, 0.717) is 24.2 Å². The molecule has 6 atom stereocenters. The van der Waals surface area contributed by atoms with Crippen LogP contribution < -0.4 is 0 Å². The van der Waals surface area contributed by atoms with Crippen molar-refractivity contribution in [2.75, 3.05) is 20.2 Å². The first-order valence-electron chi connectivity index (χ1n) is 8.31. The molecule has 3 aliphatic heterocycles. The average Bonchev–Trinajstić information content (AvgIpc) is 2.49. The predicted molar refractivity (Wildman–Crippen MR) is 78.5 cm³/mol. The average molecular weight is 291 g/mol. The van der Waals surface area contributed by atoms with E-state index in [1.807, 2.05) is 0 Å². The number of piperidine rings is 2. The number of rotatable bonds is 1. The molecule has 0 radical (unpaired) electrons. The normalized spacial score (nSPS) is 48.5. The fraction of sp³-hybridized carbons (Fsp3) is 0.824. The van der Waals surface area contributed by atoms with Crippen LogP contribution in [0.1, 0.15) is 32.6 Å². The molecule has 1 spiro atoms. The van der Waals surface area contributed by atoms with Crippen LogP contribution in [-0.2, 0) is 9.53 Å². The molecule has 1 N–H and O–H groups in total. The monoisotopic (exact) mass is 291 g/mol. The molecule has 2 saturated heterocycles. The van der Waals surface area contributed by atoms with Crippen molar-refractivity contribution in [3.8, 4) is 0 Å². The molecule has 0 amide bonds. The van der Waals surface area contributed by atoms with Gasteiger partial charge in [-0.3, -0.25) is 9.69 Å². The zero-order valence-electron chi connectivity index (χ0n) is 12.9. The van der Waals surface area contributed by atoms with Gasteiger partial charge in [-0.15, -0.1) is 0 Å². The van der Waals surface area contributed by atoms with Crippen molar-refractivity contribution >= 4 is 5.97 Å². The molecule has 6 unspecified atom stereocenters. The Labute approximate surface area is 126 Å².